The molecule has 1 spiro atoms. The van der Waals surface area contributed by atoms with Gasteiger partial charge in [-0.15, -0.1) is 21.5 Å². The molecule has 6 aromatic rings. The first-order valence-corrected chi connectivity index (χ1v) is 31.7. The van der Waals surface area contributed by atoms with E-state index in [1.807, 2.05) is 75.8 Å². The molecular weight excluding hydrogens is 1080 g/mol. The predicted molar refractivity (Wildman–Crippen MR) is 325 cm³/mol. The van der Waals surface area contributed by atoms with Crippen molar-refractivity contribution in [3.8, 4) is 33.3 Å². The van der Waals surface area contributed by atoms with Crippen LogP contribution in [0.5, 0.6) is 11.6 Å². The fraction of sp³-hybridized carbons (Fsp3) is 0.547. The maximum atomic E-state index is 14.5. The van der Waals surface area contributed by atoms with Gasteiger partial charge in [0.25, 0.3) is 0 Å². The second-order valence-corrected chi connectivity index (χ2v) is 26.5. The van der Waals surface area contributed by atoms with Crippen molar-refractivity contribution in [1.29, 1.82) is 0 Å². The van der Waals surface area contributed by atoms with Gasteiger partial charge in [-0.3, -0.25) is 14.5 Å². The molecule has 6 aliphatic heterocycles. The van der Waals surface area contributed by atoms with E-state index < -0.39 is 18.1 Å². The van der Waals surface area contributed by atoms with Crippen LogP contribution in [0.4, 0.5) is 23.0 Å². The number of benzene rings is 2. The van der Waals surface area contributed by atoms with Gasteiger partial charge in [0, 0.05) is 106 Å². The highest BCUT2D eigenvalue weighted by Crippen LogP contribution is 2.44. The summed E-state index contributed by atoms with van der Waals surface area (Å²) in [6, 6.07) is 23.0. The number of piperidine rings is 2. The zero-order valence-electron chi connectivity index (χ0n) is 48.9. The molecule has 2 amide bonds. The molecular formula is C64H81N13O6S. The first kappa shape index (κ1) is 56.3. The van der Waals surface area contributed by atoms with Crippen LogP contribution >= 0.6 is 11.3 Å². The lowest BCUT2D eigenvalue weighted by molar-refractivity contribution is -0.141. The Morgan fingerprint density at radius 1 is 0.845 bits per heavy atom. The van der Waals surface area contributed by atoms with Crippen LogP contribution in [-0.2, 0) is 9.59 Å². The summed E-state index contributed by atoms with van der Waals surface area (Å²) >= 11 is 1.61. The Morgan fingerprint density at radius 2 is 1.60 bits per heavy atom. The number of anilines is 4. The molecule has 5 N–H and O–H groups in total. The summed E-state index contributed by atoms with van der Waals surface area (Å²) < 4.78 is 12.6. The Morgan fingerprint density at radius 3 is 2.30 bits per heavy atom. The van der Waals surface area contributed by atoms with Crippen molar-refractivity contribution >= 4 is 46.2 Å². The molecule has 13 rings (SSSR count). The molecule has 2 aromatic carbocycles. The lowest BCUT2D eigenvalue weighted by Crippen LogP contribution is -2.65. The zero-order chi connectivity index (χ0) is 57.8. The number of fused-ring (bicyclic) bond motifs is 2. The lowest BCUT2D eigenvalue weighted by atomic mass is 9.75. The number of aromatic hydroxyl groups is 1. The number of phenolic OH excluding ortho intramolecular Hbond substituents is 1. The van der Waals surface area contributed by atoms with Crippen LogP contribution in [0.15, 0.2) is 89.0 Å². The van der Waals surface area contributed by atoms with E-state index in [1.165, 1.54) is 32.4 Å². The van der Waals surface area contributed by atoms with E-state index in [0.29, 0.717) is 52.6 Å². The minimum atomic E-state index is -0.798. The van der Waals surface area contributed by atoms with E-state index in [4.69, 9.17) is 15.0 Å². The number of likely N-dealkylation sites (tertiary alicyclic amines) is 3. The molecule has 20 heteroatoms. The van der Waals surface area contributed by atoms with Crippen molar-refractivity contribution in [3.63, 3.8) is 0 Å². The van der Waals surface area contributed by atoms with Crippen molar-refractivity contribution < 1.29 is 29.1 Å². The molecule has 4 aromatic heterocycles. The predicted octanol–water partition coefficient (Wildman–Crippen LogP) is 8.30. The summed E-state index contributed by atoms with van der Waals surface area (Å²) in [5.74, 6) is 2.64. The number of carbonyl (C=O) groups excluding carboxylic acids is 2. The number of pyridine rings is 1. The number of nitrogens with one attached hydrogen (secondary N) is 1. The molecule has 10 heterocycles. The lowest BCUT2D eigenvalue weighted by Gasteiger charge is -2.58. The average Bonchev–Trinajstić information content (AvgIpc) is 3.53. The molecule has 7 fully saturated rings. The number of para-hydroxylation sites is 1. The van der Waals surface area contributed by atoms with E-state index in [-0.39, 0.29) is 54.1 Å². The van der Waals surface area contributed by atoms with Crippen LogP contribution in [0.2, 0.25) is 0 Å². The second-order valence-electron chi connectivity index (χ2n) is 25.6. The number of aliphatic hydroxyl groups excluding tert-OH is 1. The van der Waals surface area contributed by atoms with Crippen LogP contribution in [0.3, 0.4) is 0 Å². The molecule has 1 aliphatic carbocycles. The van der Waals surface area contributed by atoms with Gasteiger partial charge < -0.3 is 55.0 Å². The number of aromatic nitrogens is 5. The van der Waals surface area contributed by atoms with Gasteiger partial charge in [0.1, 0.15) is 23.8 Å². The van der Waals surface area contributed by atoms with Crippen LogP contribution in [-0.4, -0.2) is 163 Å². The molecule has 444 valence electrons. The number of ether oxygens (including phenoxy) is 1. The van der Waals surface area contributed by atoms with Crippen molar-refractivity contribution in [1.82, 2.24) is 45.3 Å². The van der Waals surface area contributed by atoms with Gasteiger partial charge in [-0.1, -0.05) is 55.4 Å². The first-order valence-electron chi connectivity index (χ1n) is 30.8. The SMILES string of the molecule is Cc1ncsc1-c1ccc([C@H](C)NC(=O)[C@@H]2C[C@@H](O)CN2C(=O)[C@@H](c2cc(N3CCC4(CC3)CCN4CC3CCN(C[C@H]4C[C@H](Oc5cc(N6C7CCC6CN(c6cc(-c8ccccc8O)nnc6N)C7)ccn5)C4)CC3)no2)C(C)C)cc1. The Kier molecular flexibility index (Phi) is 15.8. The number of hydrogen-bond acceptors (Lipinski definition) is 18. The molecule has 2 unspecified atom stereocenters. The number of phenols is 1. The smallest absolute Gasteiger partial charge is 0.243 e. The average molecular weight is 1160 g/mol. The minimum Gasteiger partial charge on any atom is -0.507 e. The standard InChI is InChI=1S/C64H81N13O6S/c1-39(2)59(63(81)76-37-49(78)30-54(76)62(80)68-40(3)44-9-11-45(12-10-44)60-41(4)67-38-84-60)56-32-57(71-83-56)73-24-18-64(19-25-73)20-26-75(64)34-42-16-22-72(23-17-42)33-43-27-50(28-43)82-58-29-46(15-21-66-58)77-47-13-14-48(77)36-74(35-47)53-31-52(69-70-61(53)65)51-7-5-6-8-55(51)79/h5-12,15,21,29,31-32,38-40,42-43,47-50,54,59,78-79H,13-14,16-20,22-28,30,33-37H2,1-4H3,(H2,65,70)(H,68,80)/t40-,43-,47?,48?,49+,50-,54-,59+/m0/s1. The quantitative estimate of drug-likeness (QED) is 0.0675. The normalized spacial score (nSPS) is 25.2. The third-order valence-corrected chi connectivity index (χ3v) is 20.9. The minimum absolute atomic E-state index is 0.0916. The molecule has 6 saturated heterocycles. The van der Waals surface area contributed by atoms with Crippen LogP contribution in [0.25, 0.3) is 21.7 Å². The van der Waals surface area contributed by atoms with Gasteiger partial charge in [0.2, 0.25) is 17.7 Å². The summed E-state index contributed by atoms with van der Waals surface area (Å²) in [6.07, 6.45) is 11.7. The summed E-state index contributed by atoms with van der Waals surface area (Å²) in [6.45, 7) is 17.2. The number of nitrogens with two attached hydrogens (primary N) is 1. The summed E-state index contributed by atoms with van der Waals surface area (Å²) in [4.78, 5) is 52.8. The van der Waals surface area contributed by atoms with E-state index >= 15 is 0 Å². The number of carbonyl (C=O) groups is 2. The van der Waals surface area contributed by atoms with Crippen LogP contribution < -0.4 is 30.5 Å². The fourth-order valence-corrected chi connectivity index (χ4v) is 15.8. The number of piperazine rings is 1. The van der Waals surface area contributed by atoms with Crippen molar-refractivity contribution in [3.05, 3.63) is 102 Å². The number of β-amino-alcohol motifs (C(OH)–C–C–N with tert-alkyl or cyclic N) is 1. The number of nitrogens with zero attached hydrogens (tertiary/aromatic N) is 11. The molecule has 7 aliphatic rings. The van der Waals surface area contributed by atoms with E-state index in [2.05, 4.69) is 79.4 Å². The van der Waals surface area contributed by atoms with Gasteiger partial charge in [0.05, 0.1) is 39.6 Å². The fourth-order valence-electron chi connectivity index (χ4n) is 15.0. The topological polar surface area (TPSA) is 219 Å². The Bertz CT molecular complexity index is 3280. The van der Waals surface area contributed by atoms with Gasteiger partial charge in [-0.25, -0.2) is 9.97 Å². The highest BCUT2D eigenvalue weighted by atomic mass is 32.1. The number of aryl methyl sites for hydroxylation is 1. The van der Waals surface area contributed by atoms with E-state index in [1.54, 1.807) is 28.4 Å². The van der Waals surface area contributed by atoms with Gasteiger partial charge in [-0.2, -0.15) is 0 Å². The second kappa shape index (κ2) is 23.5. The van der Waals surface area contributed by atoms with Crippen molar-refractivity contribution in [2.45, 2.75) is 140 Å². The van der Waals surface area contributed by atoms with Crippen LogP contribution in [0, 0.1) is 24.7 Å². The number of amides is 2. The largest absolute Gasteiger partial charge is 0.507 e. The van der Waals surface area contributed by atoms with Gasteiger partial charge in [-0.05, 0) is 138 Å². The molecule has 19 nitrogen and oxygen atoms in total. The summed E-state index contributed by atoms with van der Waals surface area (Å²) in [5, 5.41) is 37.6. The number of hydrogen-bond donors (Lipinski definition) is 4. The molecule has 6 atom stereocenters. The van der Waals surface area contributed by atoms with Crippen molar-refractivity contribution in [2.75, 3.05) is 85.9 Å². The monoisotopic (exact) mass is 1160 g/mol. The third-order valence-electron chi connectivity index (χ3n) is 19.9. The Balaban J connectivity index is 0.541. The zero-order valence-corrected chi connectivity index (χ0v) is 49.7. The van der Waals surface area contributed by atoms with Crippen molar-refractivity contribution in [2.24, 2.45) is 17.8 Å². The Labute approximate surface area is 496 Å². The highest BCUT2D eigenvalue weighted by Gasteiger charge is 2.49. The van der Waals surface area contributed by atoms with Gasteiger partial charge >= 0.3 is 0 Å². The number of nitrogen functional groups attached to an aromatic ring is 1. The number of thiazole rings is 1. The molecule has 0 radical (unpaired) electrons. The maximum Gasteiger partial charge on any atom is 0.243 e. The molecule has 84 heavy (non-hydrogen) atoms. The highest BCUT2D eigenvalue weighted by molar-refractivity contribution is 7.13. The van der Waals surface area contributed by atoms with E-state index in [9.17, 15) is 19.8 Å². The first-order chi connectivity index (χ1) is 40.7. The van der Waals surface area contributed by atoms with Gasteiger partial charge in [0.15, 0.2) is 17.4 Å². The number of rotatable bonds is 17. The molecule has 1 saturated carbocycles. The van der Waals surface area contributed by atoms with Crippen LogP contribution in [0.1, 0.15) is 114 Å². The third kappa shape index (κ3) is 11.3. The van der Waals surface area contributed by atoms with E-state index in [0.717, 1.165) is 123 Å². The molecule has 2 bridgehead atoms. The summed E-state index contributed by atoms with van der Waals surface area (Å²) in [5.41, 5.74) is 14.8. The maximum absolute atomic E-state index is 14.5. The Hall–Kier alpha value is -6.87. The summed E-state index contributed by atoms with van der Waals surface area (Å²) in [7, 11) is 0. The number of aliphatic hydroxyl groups is 1.